The van der Waals surface area contributed by atoms with Gasteiger partial charge in [0.25, 0.3) is 0 Å². The molecule has 104 valence electrons. The van der Waals surface area contributed by atoms with Gasteiger partial charge in [-0.25, -0.2) is 0 Å². The van der Waals surface area contributed by atoms with Crippen molar-refractivity contribution in [2.75, 3.05) is 0 Å². The van der Waals surface area contributed by atoms with Gasteiger partial charge < -0.3 is 0 Å². The van der Waals surface area contributed by atoms with E-state index in [-0.39, 0.29) is 0 Å². The predicted octanol–water partition coefficient (Wildman–Crippen LogP) is 6.16. The molecule has 3 atom stereocenters. The van der Waals surface area contributed by atoms with Crippen LogP contribution < -0.4 is 0 Å². The van der Waals surface area contributed by atoms with E-state index in [0.717, 1.165) is 29.6 Å². The number of hydrogen-bond donors (Lipinski definition) is 0. The van der Waals surface area contributed by atoms with Crippen molar-refractivity contribution in [1.82, 2.24) is 0 Å². The highest BCUT2D eigenvalue weighted by Gasteiger charge is 2.20. The molecule has 0 saturated heterocycles. The topological polar surface area (TPSA) is 0 Å². The zero-order valence-electron chi connectivity index (χ0n) is 13.4. The average molecular weight is 240 g/mol. The van der Waals surface area contributed by atoms with Gasteiger partial charge in [0.2, 0.25) is 0 Å². The molecule has 0 aromatic heterocycles. The summed E-state index contributed by atoms with van der Waals surface area (Å²) < 4.78 is 0. The lowest BCUT2D eigenvalue weighted by Crippen LogP contribution is -2.17. The molecular formula is C17H36. The minimum atomic E-state index is 0.856. The minimum Gasteiger partial charge on any atom is -0.0654 e. The third kappa shape index (κ3) is 7.84. The summed E-state index contributed by atoms with van der Waals surface area (Å²) in [7, 11) is 0. The van der Waals surface area contributed by atoms with Crippen molar-refractivity contribution in [3.63, 3.8) is 0 Å². The molecule has 0 aliphatic rings. The van der Waals surface area contributed by atoms with Gasteiger partial charge in [0.15, 0.2) is 0 Å². The Bertz CT molecular complexity index is 169. The number of hydrogen-bond acceptors (Lipinski definition) is 0. The first-order chi connectivity index (χ1) is 7.88. The molecule has 0 heteroatoms. The van der Waals surface area contributed by atoms with Crippen LogP contribution in [0.2, 0.25) is 0 Å². The Hall–Kier alpha value is 0. The fourth-order valence-electron chi connectivity index (χ4n) is 2.68. The lowest BCUT2D eigenvalue weighted by molar-refractivity contribution is 0.231. The van der Waals surface area contributed by atoms with Crippen LogP contribution in [0.25, 0.3) is 0 Å². The SMILES string of the molecule is CCCC(CC(C)C(C)CCC(C)C)C(C)C. The summed E-state index contributed by atoms with van der Waals surface area (Å²) in [6, 6.07) is 0. The monoisotopic (exact) mass is 240 g/mol. The van der Waals surface area contributed by atoms with Crippen LogP contribution in [0.15, 0.2) is 0 Å². The van der Waals surface area contributed by atoms with Crippen molar-refractivity contribution in [3.8, 4) is 0 Å². The van der Waals surface area contributed by atoms with Crippen molar-refractivity contribution in [3.05, 3.63) is 0 Å². The normalized spacial score (nSPS) is 17.5. The highest BCUT2D eigenvalue weighted by molar-refractivity contribution is 4.70. The molecule has 0 N–H and O–H groups in total. The summed E-state index contributed by atoms with van der Waals surface area (Å²) in [5, 5.41) is 0. The largest absolute Gasteiger partial charge is 0.0654 e. The molecule has 17 heavy (non-hydrogen) atoms. The van der Waals surface area contributed by atoms with Gasteiger partial charge >= 0.3 is 0 Å². The Morgan fingerprint density at radius 3 is 1.71 bits per heavy atom. The van der Waals surface area contributed by atoms with Gasteiger partial charge in [0, 0.05) is 0 Å². The van der Waals surface area contributed by atoms with Crippen LogP contribution in [-0.2, 0) is 0 Å². The second-order valence-corrected chi connectivity index (χ2v) is 6.95. The minimum absolute atomic E-state index is 0.856. The van der Waals surface area contributed by atoms with E-state index in [4.69, 9.17) is 0 Å². The fraction of sp³-hybridized carbons (Fsp3) is 1.00. The van der Waals surface area contributed by atoms with Gasteiger partial charge in [0.1, 0.15) is 0 Å². The Kier molecular flexibility index (Phi) is 9.00. The van der Waals surface area contributed by atoms with E-state index in [2.05, 4.69) is 48.5 Å². The molecule has 0 rings (SSSR count). The third-order valence-electron chi connectivity index (χ3n) is 4.45. The first-order valence-corrected chi connectivity index (χ1v) is 7.88. The molecule has 0 radical (unpaired) electrons. The zero-order chi connectivity index (χ0) is 13.4. The number of rotatable bonds is 9. The van der Waals surface area contributed by atoms with E-state index >= 15 is 0 Å². The first kappa shape index (κ1) is 17.0. The van der Waals surface area contributed by atoms with Gasteiger partial charge in [-0.05, 0) is 36.0 Å². The molecule has 0 fully saturated rings. The maximum absolute atomic E-state index is 2.47. The highest BCUT2D eigenvalue weighted by Crippen LogP contribution is 2.30. The van der Waals surface area contributed by atoms with Gasteiger partial charge in [-0.3, -0.25) is 0 Å². The van der Waals surface area contributed by atoms with Crippen molar-refractivity contribution < 1.29 is 0 Å². The fourth-order valence-corrected chi connectivity index (χ4v) is 2.68. The summed E-state index contributed by atoms with van der Waals surface area (Å²) in [5.74, 6) is 4.45. The first-order valence-electron chi connectivity index (χ1n) is 7.88. The molecule has 0 nitrogen and oxygen atoms in total. The maximum Gasteiger partial charge on any atom is -0.0389 e. The van der Waals surface area contributed by atoms with Crippen LogP contribution >= 0.6 is 0 Å². The van der Waals surface area contributed by atoms with Crippen LogP contribution in [0, 0.1) is 29.6 Å². The average Bonchev–Trinajstić information content (AvgIpc) is 2.24. The van der Waals surface area contributed by atoms with Crippen LogP contribution in [0.3, 0.4) is 0 Å². The van der Waals surface area contributed by atoms with Crippen LogP contribution in [0.4, 0.5) is 0 Å². The van der Waals surface area contributed by atoms with Crippen LogP contribution in [0.5, 0.6) is 0 Å². The smallest absolute Gasteiger partial charge is 0.0389 e. The molecule has 0 aromatic rings. The van der Waals surface area contributed by atoms with Crippen molar-refractivity contribution in [1.29, 1.82) is 0 Å². The lowest BCUT2D eigenvalue weighted by atomic mass is 9.78. The molecule has 0 saturated carbocycles. The summed E-state index contributed by atoms with van der Waals surface area (Å²) >= 11 is 0. The Labute approximate surface area is 111 Å². The standard InChI is InChI=1S/C17H36/c1-8-9-17(14(4)5)12-16(7)15(6)11-10-13(2)3/h13-17H,8-12H2,1-7H3. The Morgan fingerprint density at radius 1 is 0.706 bits per heavy atom. The summed E-state index contributed by atoms with van der Waals surface area (Å²) in [5.41, 5.74) is 0. The second-order valence-electron chi connectivity index (χ2n) is 6.95. The molecule has 0 amide bonds. The Morgan fingerprint density at radius 2 is 1.29 bits per heavy atom. The third-order valence-corrected chi connectivity index (χ3v) is 4.45. The van der Waals surface area contributed by atoms with Crippen LogP contribution in [-0.4, -0.2) is 0 Å². The molecule has 0 aliphatic carbocycles. The van der Waals surface area contributed by atoms with Gasteiger partial charge in [-0.1, -0.05) is 74.1 Å². The van der Waals surface area contributed by atoms with E-state index < -0.39 is 0 Å². The van der Waals surface area contributed by atoms with E-state index in [1.807, 2.05) is 0 Å². The molecule has 0 bridgehead atoms. The quantitative estimate of drug-likeness (QED) is 0.453. The molecule has 0 heterocycles. The summed E-state index contributed by atoms with van der Waals surface area (Å²) in [6.07, 6.45) is 7.00. The van der Waals surface area contributed by atoms with Crippen molar-refractivity contribution >= 4 is 0 Å². The van der Waals surface area contributed by atoms with Gasteiger partial charge in [0.05, 0.1) is 0 Å². The van der Waals surface area contributed by atoms with Gasteiger partial charge in [-0.15, -0.1) is 0 Å². The molecule has 0 aromatic carbocycles. The maximum atomic E-state index is 2.47. The van der Waals surface area contributed by atoms with Crippen LogP contribution in [0.1, 0.15) is 80.6 Å². The predicted molar refractivity (Wildman–Crippen MR) is 80.3 cm³/mol. The highest BCUT2D eigenvalue weighted by atomic mass is 14.3. The van der Waals surface area contributed by atoms with Crippen molar-refractivity contribution in [2.45, 2.75) is 80.6 Å². The van der Waals surface area contributed by atoms with E-state index in [1.54, 1.807) is 0 Å². The van der Waals surface area contributed by atoms with Crippen molar-refractivity contribution in [2.24, 2.45) is 29.6 Å². The molecule has 3 unspecified atom stereocenters. The molecular weight excluding hydrogens is 204 g/mol. The van der Waals surface area contributed by atoms with E-state index in [9.17, 15) is 0 Å². The van der Waals surface area contributed by atoms with E-state index in [1.165, 1.54) is 32.1 Å². The lowest BCUT2D eigenvalue weighted by Gasteiger charge is -2.28. The molecule has 0 aliphatic heterocycles. The van der Waals surface area contributed by atoms with E-state index in [0.29, 0.717) is 0 Å². The summed E-state index contributed by atoms with van der Waals surface area (Å²) in [4.78, 5) is 0. The summed E-state index contributed by atoms with van der Waals surface area (Å²) in [6.45, 7) is 16.7. The van der Waals surface area contributed by atoms with Gasteiger partial charge in [-0.2, -0.15) is 0 Å². The molecule has 0 spiro atoms. The zero-order valence-corrected chi connectivity index (χ0v) is 13.4. The second kappa shape index (κ2) is 9.00. The Balaban J connectivity index is 4.06.